The molecule has 1 heterocycles. The van der Waals surface area contributed by atoms with Gasteiger partial charge in [-0.2, -0.15) is 0 Å². The Morgan fingerprint density at radius 3 is 1.96 bits per heavy atom. The van der Waals surface area contributed by atoms with Crippen molar-refractivity contribution in [1.82, 2.24) is 9.55 Å². The average Bonchev–Trinajstić information content (AvgIpc) is 3.69. The Labute approximate surface area is 284 Å². The Balaban J connectivity index is 1.56. The van der Waals surface area contributed by atoms with E-state index in [0.717, 1.165) is 0 Å². The number of aromatic nitrogens is 2. The van der Waals surface area contributed by atoms with E-state index in [1.54, 1.807) is 45.0 Å². The molecule has 0 spiro atoms. The lowest BCUT2D eigenvalue weighted by Crippen LogP contribution is -2.14. The summed E-state index contributed by atoms with van der Waals surface area (Å²) in [7, 11) is 0. The van der Waals surface area contributed by atoms with Gasteiger partial charge in [0.2, 0.25) is 0 Å². The monoisotopic (exact) mass is 591 g/mol. The van der Waals surface area contributed by atoms with E-state index in [-0.39, 0.29) is 66.5 Å². The Kier molecular flexibility index (Phi) is 3.17. The van der Waals surface area contributed by atoms with Gasteiger partial charge in [-0.1, -0.05) is 129 Å². The highest BCUT2D eigenvalue weighted by molar-refractivity contribution is 6.22. The summed E-state index contributed by atoms with van der Waals surface area (Å²) in [6.45, 7) is 5.08. The minimum Gasteiger partial charge on any atom is -0.296 e. The molecular weight excluding hydrogens is 544 g/mol. The normalized spacial score (nSPS) is 18.1. The molecule has 9 rings (SSSR count). The number of fused-ring (bicyclic) bond motifs is 6. The molecule has 0 saturated heterocycles. The maximum atomic E-state index is 9.91. The highest BCUT2D eigenvalue weighted by atomic mass is 15.1. The van der Waals surface area contributed by atoms with Crippen LogP contribution in [0.4, 0.5) is 0 Å². The minimum atomic E-state index is -1.36. The molecule has 0 bridgehead atoms. The van der Waals surface area contributed by atoms with Gasteiger partial charge in [-0.15, -0.1) is 0 Å². The fraction of sp³-hybridized carbons (Fsp3) is 0.0930. The SMILES string of the molecule is [2H]c1c([2H])c([2H])c2c(c1[2H])-c1c([2H])c([2H])c(-c3c4c([2H])c([2H])c([2H])c([2H])c4c(-c4ccccc4-n4c(C)nc5ccccc54)c4c([2H])c([2H])c([2H])c([2H])c34)c([2H])c1C2(C)C. The highest BCUT2D eigenvalue weighted by Crippen LogP contribution is 2.51. The van der Waals surface area contributed by atoms with Crippen LogP contribution in [0.1, 0.15) is 51.4 Å². The van der Waals surface area contributed by atoms with Crippen molar-refractivity contribution in [2.24, 2.45) is 0 Å². The lowest BCUT2D eigenvalue weighted by molar-refractivity contribution is 0.660. The van der Waals surface area contributed by atoms with Gasteiger partial charge in [0.15, 0.2) is 0 Å². The molecule has 1 aliphatic rings. The molecule has 2 nitrogen and oxygen atoms in total. The fourth-order valence-corrected chi connectivity index (χ4v) is 6.76. The van der Waals surface area contributed by atoms with Gasteiger partial charge in [0, 0.05) is 11.0 Å². The molecule has 0 atom stereocenters. The molecule has 0 radical (unpaired) electrons. The van der Waals surface area contributed by atoms with Crippen molar-refractivity contribution in [3.63, 3.8) is 0 Å². The van der Waals surface area contributed by atoms with Crippen LogP contribution in [0.5, 0.6) is 0 Å². The number of hydrogen-bond donors (Lipinski definition) is 0. The van der Waals surface area contributed by atoms with Crippen LogP contribution in [0.25, 0.3) is 71.6 Å². The molecule has 0 saturated carbocycles. The molecule has 1 aromatic heterocycles. The van der Waals surface area contributed by atoms with Crippen molar-refractivity contribution >= 4 is 32.6 Å². The topological polar surface area (TPSA) is 17.8 Å². The number of nitrogens with zero attached hydrogens (tertiary/aromatic N) is 2. The van der Waals surface area contributed by atoms with Crippen molar-refractivity contribution in [3.05, 3.63) is 156 Å². The zero-order valence-corrected chi connectivity index (χ0v) is 24.5. The van der Waals surface area contributed by atoms with Gasteiger partial charge in [0.25, 0.3) is 0 Å². The summed E-state index contributed by atoms with van der Waals surface area (Å²) in [5.74, 6) is 0.571. The van der Waals surface area contributed by atoms with E-state index < -0.39 is 90.0 Å². The number of para-hydroxylation sites is 3. The molecule has 7 aromatic carbocycles. The number of rotatable bonds is 3. The summed E-state index contributed by atoms with van der Waals surface area (Å²) in [4.78, 5) is 4.74. The Morgan fingerprint density at radius 1 is 0.600 bits per heavy atom. The standard InChI is InChI=1S/C43H32N2/c1-27-44-38-21-11-13-23-40(38)45(27)39-22-12-9-19-35(39)42-33-17-6-4-15-31(33)41(32-16-5-7-18-34(32)42)28-24-25-30-29-14-8-10-20-36(29)43(2,3)37(30)26-28/h4-26H,1-3H3/i4D,5D,6D,7D,8D,10D,14D,15D,16D,17D,18D,20D,24D,25D,26D. The van der Waals surface area contributed by atoms with Gasteiger partial charge >= 0.3 is 0 Å². The Hall–Kier alpha value is -5.47. The molecule has 0 amide bonds. The van der Waals surface area contributed by atoms with Crippen LogP contribution in [-0.2, 0) is 5.41 Å². The zero-order valence-electron chi connectivity index (χ0n) is 39.5. The van der Waals surface area contributed by atoms with Gasteiger partial charge in [0.1, 0.15) is 5.82 Å². The first kappa shape index (κ1) is 15.0. The van der Waals surface area contributed by atoms with Crippen LogP contribution in [0.15, 0.2) is 139 Å². The Bertz CT molecular complexity index is 3230. The first-order chi connectivity index (χ1) is 28.3. The summed E-state index contributed by atoms with van der Waals surface area (Å²) < 4.78 is 139. The summed E-state index contributed by atoms with van der Waals surface area (Å²) in [5, 5.41) is -0.768. The van der Waals surface area contributed by atoms with Crippen LogP contribution < -0.4 is 0 Å². The number of aryl methyl sites for hydroxylation is 1. The van der Waals surface area contributed by atoms with Crippen molar-refractivity contribution in [3.8, 4) is 39.1 Å². The van der Waals surface area contributed by atoms with Crippen molar-refractivity contribution < 1.29 is 20.6 Å². The van der Waals surface area contributed by atoms with E-state index in [1.807, 2.05) is 28.8 Å². The maximum Gasteiger partial charge on any atom is 0.111 e. The van der Waals surface area contributed by atoms with Crippen LogP contribution >= 0.6 is 0 Å². The second kappa shape index (κ2) is 9.51. The largest absolute Gasteiger partial charge is 0.296 e. The van der Waals surface area contributed by atoms with E-state index in [2.05, 4.69) is 0 Å². The minimum absolute atomic E-state index is 0.0209. The molecular formula is C43H32N2. The quantitative estimate of drug-likeness (QED) is 0.187. The van der Waals surface area contributed by atoms with E-state index in [9.17, 15) is 9.60 Å². The predicted molar refractivity (Wildman–Crippen MR) is 189 cm³/mol. The highest BCUT2D eigenvalue weighted by Gasteiger charge is 2.35. The molecule has 0 unspecified atom stereocenters. The molecule has 214 valence electrons. The summed E-state index contributed by atoms with van der Waals surface area (Å²) in [5.41, 5.74) is 0.403. The molecule has 0 N–H and O–H groups in total. The van der Waals surface area contributed by atoms with Gasteiger partial charge in [-0.3, -0.25) is 4.57 Å². The number of hydrogen-bond acceptors (Lipinski definition) is 1. The van der Waals surface area contributed by atoms with Gasteiger partial charge in [0.05, 0.1) is 37.3 Å². The third-order valence-corrected chi connectivity index (χ3v) is 8.77. The Morgan fingerprint density at radius 2 is 1.20 bits per heavy atom. The van der Waals surface area contributed by atoms with Gasteiger partial charge in [-0.25, -0.2) is 4.98 Å². The second-order valence-corrected chi connectivity index (χ2v) is 11.6. The third-order valence-electron chi connectivity index (χ3n) is 8.77. The number of benzene rings is 7. The molecule has 8 aromatic rings. The van der Waals surface area contributed by atoms with Gasteiger partial charge in [-0.05, 0) is 91.7 Å². The van der Waals surface area contributed by atoms with Crippen LogP contribution in [-0.4, -0.2) is 9.55 Å². The van der Waals surface area contributed by atoms with Crippen molar-refractivity contribution in [1.29, 1.82) is 0 Å². The molecule has 1 aliphatic carbocycles. The van der Waals surface area contributed by atoms with Crippen molar-refractivity contribution in [2.75, 3.05) is 0 Å². The van der Waals surface area contributed by atoms with Crippen LogP contribution in [0, 0.1) is 6.92 Å². The van der Waals surface area contributed by atoms with E-state index >= 15 is 0 Å². The molecule has 45 heavy (non-hydrogen) atoms. The first-order valence-corrected chi connectivity index (χ1v) is 14.5. The predicted octanol–water partition coefficient (Wildman–Crippen LogP) is 11.3. The van der Waals surface area contributed by atoms with E-state index in [1.165, 1.54) is 0 Å². The van der Waals surface area contributed by atoms with Crippen LogP contribution in [0.2, 0.25) is 0 Å². The van der Waals surface area contributed by atoms with E-state index in [0.29, 0.717) is 28.1 Å². The first-order valence-electron chi connectivity index (χ1n) is 22.0. The van der Waals surface area contributed by atoms with Crippen molar-refractivity contribution in [2.45, 2.75) is 26.2 Å². The molecule has 2 heteroatoms. The average molecular weight is 592 g/mol. The summed E-state index contributed by atoms with van der Waals surface area (Å²) in [6.07, 6.45) is 0. The number of imidazole rings is 1. The van der Waals surface area contributed by atoms with E-state index in [4.69, 9.17) is 16.0 Å². The van der Waals surface area contributed by atoms with Gasteiger partial charge < -0.3 is 0 Å². The third kappa shape index (κ3) is 3.66. The summed E-state index contributed by atoms with van der Waals surface area (Å²) in [6, 6.07) is 5.98. The molecule has 0 aliphatic heterocycles. The smallest absolute Gasteiger partial charge is 0.111 e. The second-order valence-electron chi connectivity index (χ2n) is 11.6. The zero-order chi connectivity index (χ0) is 43.3. The summed E-state index contributed by atoms with van der Waals surface area (Å²) >= 11 is 0. The van der Waals surface area contributed by atoms with Crippen LogP contribution in [0.3, 0.4) is 0 Å². The fourth-order valence-electron chi connectivity index (χ4n) is 6.76. The molecule has 0 fully saturated rings. The maximum absolute atomic E-state index is 9.91. The lowest BCUT2D eigenvalue weighted by atomic mass is 9.80. The lowest BCUT2D eigenvalue weighted by Gasteiger charge is -2.23.